The summed E-state index contributed by atoms with van der Waals surface area (Å²) in [6, 6.07) is 13.5. The van der Waals surface area contributed by atoms with Gasteiger partial charge in [0.05, 0.1) is 18.4 Å². The number of benzene rings is 2. The second-order valence-corrected chi connectivity index (χ2v) is 9.95. The number of methoxy groups -OCH3 is 1. The Kier molecular flexibility index (Phi) is 7.51. The van der Waals surface area contributed by atoms with E-state index in [0.717, 1.165) is 64.7 Å². The summed E-state index contributed by atoms with van der Waals surface area (Å²) in [5.41, 5.74) is 6.28. The molecular weight excluding hydrogens is 492 g/mol. The van der Waals surface area contributed by atoms with E-state index in [1.807, 2.05) is 87.4 Å². The number of ether oxygens (including phenoxy) is 2. The topological polar surface area (TPSA) is 93.5 Å². The quantitative estimate of drug-likeness (QED) is 0.320. The van der Waals surface area contributed by atoms with Crippen LogP contribution in [-0.2, 0) is 12.8 Å². The molecule has 0 saturated carbocycles. The highest BCUT2D eigenvalue weighted by atomic mass is 16.5. The molecular formula is C30H34N6O3. The monoisotopic (exact) mass is 526 g/mol. The minimum atomic E-state index is -0.116. The lowest BCUT2D eigenvalue weighted by atomic mass is 10.0. The molecule has 39 heavy (non-hydrogen) atoms. The zero-order valence-corrected chi connectivity index (χ0v) is 23.0. The fourth-order valence-electron chi connectivity index (χ4n) is 4.74. The van der Waals surface area contributed by atoms with Crippen molar-refractivity contribution in [2.75, 3.05) is 45.0 Å². The Hall–Kier alpha value is -4.37. The number of aromatic nitrogens is 3. The highest BCUT2D eigenvalue weighted by molar-refractivity contribution is 6.06. The number of carbonyl (C=O) groups is 1. The van der Waals surface area contributed by atoms with Gasteiger partial charge in [-0.25, -0.2) is 4.98 Å². The molecule has 0 saturated heterocycles. The molecule has 0 spiro atoms. The molecule has 0 fully saturated rings. The molecule has 0 atom stereocenters. The predicted octanol–water partition coefficient (Wildman–Crippen LogP) is 4.93. The van der Waals surface area contributed by atoms with Crippen LogP contribution in [0.25, 0.3) is 5.82 Å². The van der Waals surface area contributed by atoms with Crippen molar-refractivity contribution >= 4 is 23.2 Å². The lowest BCUT2D eigenvalue weighted by molar-refractivity contribution is 0.102. The first kappa shape index (κ1) is 26.2. The van der Waals surface area contributed by atoms with Gasteiger partial charge in [0.25, 0.3) is 5.91 Å². The minimum Gasteiger partial charge on any atom is -0.494 e. The van der Waals surface area contributed by atoms with Gasteiger partial charge < -0.3 is 29.6 Å². The Morgan fingerprint density at radius 3 is 2.64 bits per heavy atom. The van der Waals surface area contributed by atoms with Gasteiger partial charge in [-0.3, -0.25) is 4.79 Å². The van der Waals surface area contributed by atoms with E-state index in [4.69, 9.17) is 14.5 Å². The number of anilines is 3. The van der Waals surface area contributed by atoms with Crippen molar-refractivity contribution in [3.8, 4) is 17.3 Å². The molecule has 0 aliphatic carbocycles. The van der Waals surface area contributed by atoms with Gasteiger partial charge in [-0.2, -0.15) is 4.98 Å². The van der Waals surface area contributed by atoms with Crippen LogP contribution in [0.3, 0.4) is 0 Å². The molecule has 0 bridgehead atoms. The van der Waals surface area contributed by atoms with Crippen LogP contribution in [0, 0.1) is 13.8 Å². The molecule has 0 radical (unpaired) electrons. The SMILES string of the molecule is COc1cc(OCCN(C)C)ccc1Nc1ncc2c(n1)-n1ccc(C(=O)Nc3c(C)cccc3C)c1CC2. The second kappa shape index (κ2) is 11.2. The average molecular weight is 527 g/mol. The van der Waals surface area contributed by atoms with Gasteiger partial charge in [-0.15, -0.1) is 0 Å². The highest BCUT2D eigenvalue weighted by Crippen LogP contribution is 2.32. The van der Waals surface area contributed by atoms with E-state index in [-0.39, 0.29) is 5.91 Å². The van der Waals surface area contributed by atoms with Crippen LogP contribution < -0.4 is 20.1 Å². The zero-order valence-electron chi connectivity index (χ0n) is 23.0. The Morgan fingerprint density at radius 1 is 1.10 bits per heavy atom. The molecule has 4 aromatic rings. The summed E-state index contributed by atoms with van der Waals surface area (Å²) in [5.74, 6) is 2.45. The fraction of sp³-hybridized carbons (Fsp3) is 0.300. The maximum absolute atomic E-state index is 13.3. The van der Waals surface area contributed by atoms with E-state index in [1.54, 1.807) is 7.11 Å². The van der Waals surface area contributed by atoms with Crippen LogP contribution in [0.5, 0.6) is 11.5 Å². The van der Waals surface area contributed by atoms with Crippen LogP contribution >= 0.6 is 0 Å². The van der Waals surface area contributed by atoms with Crippen molar-refractivity contribution < 1.29 is 14.3 Å². The number of nitrogens with one attached hydrogen (secondary N) is 2. The number of rotatable bonds is 9. The first-order valence-corrected chi connectivity index (χ1v) is 13.0. The average Bonchev–Trinajstić information content (AvgIpc) is 3.36. The van der Waals surface area contributed by atoms with E-state index in [9.17, 15) is 4.79 Å². The third kappa shape index (κ3) is 5.58. The number of amides is 1. The molecule has 0 unspecified atom stereocenters. The summed E-state index contributed by atoms with van der Waals surface area (Å²) in [6.07, 6.45) is 5.24. The number of hydrogen-bond acceptors (Lipinski definition) is 7. The van der Waals surface area contributed by atoms with Crippen LogP contribution in [-0.4, -0.2) is 59.7 Å². The first-order valence-electron chi connectivity index (χ1n) is 13.0. The van der Waals surface area contributed by atoms with Crippen LogP contribution in [0.1, 0.15) is 32.7 Å². The summed E-state index contributed by atoms with van der Waals surface area (Å²) < 4.78 is 13.4. The predicted molar refractivity (Wildman–Crippen MR) is 153 cm³/mol. The number of carbonyl (C=O) groups excluding carboxylic acids is 1. The minimum absolute atomic E-state index is 0.116. The van der Waals surface area contributed by atoms with E-state index >= 15 is 0 Å². The standard InChI is InChI=1S/C30H34N6O3/c1-19-7-6-8-20(2)27(19)33-29(37)23-13-14-36-25(23)12-9-21-18-31-30(34-28(21)36)32-24-11-10-22(17-26(24)38-5)39-16-15-35(3)4/h6-8,10-11,13-14,17-18H,9,12,15-16H2,1-5H3,(H,33,37)(H,31,32,34). The van der Waals surface area contributed by atoms with Gasteiger partial charge in [0.15, 0.2) is 0 Å². The molecule has 1 aliphatic rings. The van der Waals surface area contributed by atoms with Gasteiger partial charge >= 0.3 is 0 Å². The smallest absolute Gasteiger partial charge is 0.257 e. The van der Waals surface area contributed by atoms with Crippen LogP contribution in [0.4, 0.5) is 17.3 Å². The molecule has 9 nitrogen and oxygen atoms in total. The Labute approximate surface area is 228 Å². The van der Waals surface area contributed by atoms with Crippen molar-refractivity contribution in [3.05, 3.63) is 82.8 Å². The second-order valence-electron chi connectivity index (χ2n) is 9.95. The van der Waals surface area contributed by atoms with E-state index < -0.39 is 0 Å². The van der Waals surface area contributed by atoms with Crippen molar-refractivity contribution in [3.63, 3.8) is 0 Å². The van der Waals surface area contributed by atoms with Crippen molar-refractivity contribution in [1.29, 1.82) is 0 Å². The molecule has 2 aromatic carbocycles. The lowest BCUT2D eigenvalue weighted by Gasteiger charge is -2.20. The van der Waals surface area contributed by atoms with Gasteiger partial charge in [-0.05, 0) is 70.1 Å². The van der Waals surface area contributed by atoms with Gasteiger partial charge in [0.2, 0.25) is 5.95 Å². The van der Waals surface area contributed by atoms with E-state index in [2.05, 4.69) is 20.5 Å². The van der Waals surface area contributed by atoms with E-state index in [0.29, 0.717) is 23.9 Å². The van der Waals surface area contributed by atoms with E-state index in [1.165, 1.54) is 0 Å². The maximum Gasteiger partial charge on any atom is 0.257 e. The summed E-state index contributed by atoms with van der Waals surface area (Å²) in [4.78, 5) is 24.7. The molecule has 1 aliphatic heterocycles. The van der Waals surface area contributed by atoms with Gasteiger partial charge in [0.1, 0.15) is 23.9 Å². The Balaban J connectivity index is 1.37. The van der Waals surface area contributed by atoms with Crippen molar-refractivity contribution in [2.24, 2.45) is 0 Å². The molecule has 9 heteroatoms. The molecule has 3 heterocycles. The number of likely N-dealkylation sites (N-methyl/N-ethyl adjacent to an activating group) is 1. The molecule has 2 aromatic heterocycles. The number of nitrogens with zero attached hydrogens (tertiary/aromatic N) is 4. The normalized spacial score (nSPS) is 12.1. The fourth-order valence-corrected chi connectivity index (χ4v) is 4.74. The summed E-state index contributed by atoms with van der Waals surface area (Å²) in [6.45, 7) is 5.41. The molecule has 202 valence electrons. The van der Waals surface area contributed by atoms with Crippen molar-refractivity contribution in [1.82, 2.24) is 19.4 Å². The zero-order chi connectivity index (χ0) is 27.5. The Morgan fingerprint density at radius 2 is 1.90 bits per heavy atom. The molecule has 2 N–H and O–H groups in total. The first-order chi connectivity index (χ1) is 18.8. The Bertz CT molecular complexity index is 1490. The number of fused-ring (bicyclic) bond motifs is 3. The van der Waals surface area contributed by atoms with Crippen molar-refractivity contribution in [2.45, 2.75) is 26.7 Å². The summed E-state index contributed by atoms with van der Waals surface area (Å²) in [7, 11) is 5.64. The summed E-state index contributed by atoms with van der Waals surface area (Å²) in [5, 5.41) is 6.39. The third-order valence-corrected chi connectivity index (χ3v) is 6.88. The largest absolute Gasteiger partial charge is 0.494 e. The van der Waals surface area contributed by atoms with Gasteiger partial charge in [-0.1, -0.05) is 18.2 Å². The lowest BCUT2D eigenvalue weighted by Crippen LogP contribution is -2.20. The highest BCUT2D eigenvalue weighted by Gasteiger charge is 2.24. The number of hydrogen-bond donors (Lipinski definition) is 2. The summed E-state index contributed by atoms with van der Waals surface area (Å²) >= 11 is 0. The molecule has 1 amide bonds. The molecule has 5 rings (SSSR count). The number of para-hydroxylation sites is 1. The van der Waals surface area contributed by atoms with Gasteiger partial charge in [0, 0.05) is 41.9 Å². The number of aryl methyl sites for hydroxylation is 3. The maximum atomic E-state index is 13.3. The van der Waals surface area contributed by atoms with Crippen LogP contribution in [0.15, 0.2) is 54.9 Å². The van der Waals surface area contributed by atoms with Crippen LogP contribution in [0.2, 0.25) is 0 Å². The third-order valence-electron chi connectivity index (χ3n) is 6.88.